The van der Waals surface area contributed by atoms with Crippen LogP contribution < -0.4 is 19.5 Å². The molecule has 0 saturated carbocycles. The average molecular weight is 523 g/mol. The minimum Gasteiger partial charge on any atom is -0.496 e. The largest absolute Gasteiger partial charge is 0.496 e. The summed E-state index contributed by atoms with van der Waals surface area (Å²) in [5.41, 5.74) is 0.972. The fraction of sp³-hybridized carbons (Fsp3) is 0.650. The maximum atomic E-state index is 5.67. The Morgan fingerprint density at radius 2 is 1.76 bits per heavy atom. The summed E-state index contributed by atoms with van der Waals surface area (Å²) in [7, 11) is 8.37. The Hall–Kier alpha value is -1.46. The number of aliphatic imine (C=N–C) groups is 1. The van der Waals surface area contributed by atoms with Gasteiger partial charge in [0.2, 0.25) is 0 Å². The molecule has 1 aliphatic heterocycles. The van der Waals surface area contributed by atoms with E-state index in [1.807, 2.05) is 12.1 Å². The molecule has 2 rings (SSSR count). The zero-order valence-corrected chi connectivity index (χ0v) is 20.4. The van der Waals surface area contributed by atoms with E-state index in [1.165, 1.54) is 0 Å². The van der Waals surface area contributed by atoms with Crippen molar-refractivity contribution in [2.24, 2.45) is 10.9 Å². The molecular weight excluding hydrogens is 489 g/mol. The Morgan fingerprint density at radius 1 is 1.07 bits per heavy atom. The van der Waals surface area contributed by atoms with Gasteiger partial charge in [0.1, 0.15) is 5.75 Å². The van der Waals surface area contributed by atoms with Gasteiger partial charge >= 0.3 is 0 Å². The van der Waals surface area contributed by atoms with Crippen LogP contribution in [0.3, 0.4) is 0 Å². The summed E-state index contributed by atoms with van der Waals surface area (Å²) in [6, 6.07) is 3.76. The first-order valence-electron chi connectivity index (χ1n) is 9.47. The number of likely N-dealkylation sites (tertiary alicyclic amines) is 1. The first-order chi connectivity index (χ1) is 13.7. The topological polar surface area (TPSA) is 73.8 Å². The Labute approximate surface area is 190 Å². The maximum absolute atomic E-state index is 5.67. The molecule has 0 bridgehead atoms. The van der Waals surface area contributed by atoms with Crippen molar-refractivity contribution in [1.82, 2.24) is 10.2 Å². The Bertz CT molecular complexity index is 645. The number of methoxy groups -OCH3 is 4. The van der Waals surface area contributed by atoms with E-state index in [1.54, 1.807) is 35.5 Å². The van der Waals surface area contributed by atoms with E-state index in [-0.39, 0.29) is 24.0 Å². The van der Waals surface area contributed by atoms with Crippen molar-refractivity contribution in [3.8, 4) is 17.2 Å². The molecule has 0 amide bonds. The molecule has 166 valence electrons. The van der Waals surface area contributed by atoms with Gasteiger partial charge in [0.15, 0.2) is 17.5 Å². The van der Waals surface area contributed by atoms with Crippen LogP contribution in [0.15, 0.2) is 17.1 Å². The molecule has 0 aromatic heterocycles. The zero-order valence-electron chi connectivity index (χ0n) is 18.0. The molecule has 0 aliphatic carbocycles. The molecule has 1 aliphatic rings. The summed E-state index contributed by atoms with van der Waals surface area (Å²) in [6.07, 6.45) is 1.09. The third-order valence-electron chi connectivity index (χ3n) is 4.81. The summed E-state index contributed by atoms with van der Waals surface area (Å²) in [5.74, 6) is 3.43. The molecule has 0 spiro atoms. The number of nitrogens with one attached hydrogen (secondary N) is 1. The lowest BCUT2D eigenvalue weighted by atomic mass is 10.1. The second kappa shape index (κ2) is 13.7. The maximum Gasteiger partial charge on any atom is 0.193 e. The lowest BCUT2D eigenvalue weighted by Crippen LogP contribution is -2.40. The number of nitrogens with zero attached hydrogens (tertiary/aromatic N) is 2. The third-order valence-corrected chi connectivity index (χ3v) is 4.81. The molecule has 1 fully saturated rings. The summed E-state index contributed by atoms with van der Waals surface area (Å²) in [4.78, 5) is 6.70. The second-order valence-corrected chi connectivity index (χ2v) is 6.59. The van der Waals surface area contributed by atoms with Crippen molar-refractivity contribution in [2.75, 3.05) is 68.4 Å². The molecule has 1 N–H and O–H groups in total. The second-order valence-electron chi connectivity index (χ2n) is 6.59. The lowest BCUT2D eigenvalue weighted by Gasteiger charge is -2.22. The van der Waals surface area contributed by atoms with Gasteiger partial charge in [0.05, 0.1) is 41.2 Å². The van der Waals surface area contributed by atoms with Crippen molar-refractivity contribution in [3.05, 3.63) is 17.7 Å². The third kappa shape index (κ3) is 7.38. The highest BCUT2D eigenvalue weighted by molar-refractivity contribution is 14.0. The molecular formula is C20H34IN3O5. The summed E-state index contributed by atoms with van der Waals surface area (Å²) >= 11 is 0. The van der Waals surface area contributed by atoms with Crippen LogP contribution in [0.5, 0.6) is 17.2 Å². The van der Waals surface area contributed by atoms with Gasteiger partial charge in [-0.2, -0.15) is 0 Å². The predicted molar refractivity (Wildman–Crippen MR) is 124 cm³/mol. The van der Waals surface area contributed by atoms with Gasteiger partial charge in [0.25, 0.3) is 0 Å². The zero-order chi connectivity index (χ0) is 20.4. The van der Waals surface area contributed by atoms with E-state index < -0.39 is 0 Å². The number of ether oxygens (including phenoxy) is 5. The fourth-order valence-electron chi connectivity index (χ4n) is 3.29. The van der Waals surface area contributed by atoms with Crippen LogP contribution in [0.2, 0.25) is 0 Å². The smallest absolute Gasteiger partial charge is 0.193 e. The Kier molecular flexibility index (Phi) is 12.1. The number of halogens is 1. The molecule has 0 radical (unpaired) electrons. The van der Waals surface area contributed by atoms with Crippen LogP contribution >= 0.6 is 24.0 Å². The summed E-state index contributed by atoms with van der Waals surface area (Å²) in [6.45, 7) is 4.48. The van der Waals surface area contributed by atoms with Gasteiger partial charge in [-0.05, 0) is 12.5 Å². The lowest BCUT2D eigenvalue weighted by molar-refractivity contribution is 0.0536. The molecule has 1 aromatic carbocycles. The highest BCUT2D eigenvalue weighted by atomic mass is 127. The van der Waals surface area contributed by atoms with Crippen molar-refractivity contribution >= 4 is 29.9 Å². The van der Waals surface area contributed by atoms with E-state index in [4.69, 9.17) is 23.7 Å². The van der Waals surface area contributed by atoms with Gasteiger partial charge < -0.3 is 33.9 Å². The molecule has 1 unspecified atom stereocenters. The van der Waals surface area contributed by atoms with E-state index in [0.717, 1.165) is 43.4 Å². The summed E-state index contributed by atoms with van der Waals surface area (Å²) in [5, 5.41) is 3.43. The van der Waals surface area contributed by atoms with Crippen molar-refractivity contribution in [2.45, 2.75) is 13.0 Å². The number of rotatable bonds is 10. The van der Waals surface area contributed by atoms with Crippen molar-refractivity contribution in [1.29, 1.82) is 0 Å². The first-order valence-corrected chi connectivity index (χ1v) is 9.47. The molecule has 29 heavy (non-hydrogen) atoms. The fourth-order valence-corrected chi connectivity index (χ4v) is 3.29. The van der Waals surface area contributed by atoms with E-state index >= 15 is 0 Å². The highest BCUT2D eigenvalue weighted by Crippen LogP contribution is 2.34. The number of guanidine groups is 1. The van der Waals surface area contributed by atoms with Crippen molar-refractivity contribution in [3.63, 3.8) is 0 Å². The number of hydrogen-bond donors (Lipinski definition) is 1. The Morgan fingerprint density at radius 3 is 2.38 bits per heavy atom. The van der Waals surface area contributed by atoms with E-state index in [9.17, 15) is 0 Å². The van der Waals surface area contributed by atoms with Crippen LogP contribution in [0.1, 0.15) is 12.0 Å². The highest BCUT2D eigenvalue weighted by Gasteiger charge is 2.25. The standard InChI is InChI=1S/C20H33N3O5.HI/c1-21-20(23-7-6-15(13-23)14-28-9-8-24-2)22-12-16-10-18(26-4)19(27-5)11-17(16)25-3;/h10-11,15H,6-9,12-14H2,1-5H3,(H,21,22);1H. The predicted octanol–water partition coefficient (Wildman–Crippen LogP) is 2.39. The van der Waals surface area contributed by atoms with Gasteiger partial charge in [-0.1, -0.05) is 0 Å². The molecule has 1 saturated heterocycles. The summed E-state index contributed by atoms with van der Waals surface area (Å²) < 4.78 is 26.9. The molecule has 1 aromatic rings. The minimum absolute atomic E-state index is 0. The Balaban J connectivity index is 0.00000420. The minimum atomic E-state index is 0. The van der Waals surface area contributed by atoms with Gasteiger partial charge in [-0.3, -0.25) is 4.99 Å². The first kappa shape index (κ1) is 25.6. The van der Waals surface area contributed by atoms with E-state index in [0.29, 0.717) is 37.2 Å². The van der Waals surface area contributed by atoms with Crippen molar-refractivity contribution < 1.29 is 23.7 Å². The molecule has 8 nitrogen and oxygen atoms in total. The van der Waals surface area contributed by atoms with Crippen LogP contribution in [0.4, 0.5) is 0 Å². The van der Waals surface area contributed by atoms with Gasteiger partial charge in [-0.15, -0.1) is 24.0 Å². The monoisotopic (exact) mass is 523 g/mol. The van der Waals surface area contributed by atoms with Crippen LogP contribution in [0.25, 0.3) is 0 Å². The quantitative estimate of drug-likeness (QED) is 0.219. The van der Waals surface area contributed by atoms with E-state index in [2.05, 4.69) is 15.2 Å². The van der Waals surface area contributed by atoms with Gasteiger partial charge in [0, 0.05) is 51.3 Å². The molecule has 1 atom stereocenters. The molecule has 1 heterocycles. The average Bonchev–Trinajstić information content (AvgIpc) is 3.19. The molecule has 9 heteroatoms. The van der Waals surface area contributed by atoms with Crippen LogP contribution in [-0.2, 0) is 16.0 Å². The SMILES string of the molecule is CN=C(NCc1cc(OC)c(OC)cc1OC)N1CCC(COCCOC)C1.I. The van der Waals surface area contributed by atoms with Crippen LogP contribution in [-0.4, -0.2) is 79.3 Å². The number of benzene rings is 1. The number of hydrogen-bond acceptors (Lipinski definition) is 6. The van der Waals surface area contributed by atoms with Crippen LogP contribution in [0, 0.1) is 5.92 Å². The van der Waals surface area contributed by atoms with Gasteiger partial charge in [-0.25, -0.2) is 0 Å². The normalized spacial score (nSPS) is 16.4.